The Labute approximate surface area is 171 Å². The zero-order valence-corrected chi connectivity index (χ0v) is 16.9. The van der Waals surface area contributed by atoms with Crippen LogP contribution in [0.3, 0.4) is 0 Å². The standard InChI is InChI=1S/C19H19ClFN5OS/c1-12-3-6-15(9-16(12)20)23-18(27)11-28-19-25-24-17(26(19)2)10-22-14-7-4-13(21)5-8-14/h3-9,22H,10-11H2,1-2H3,(H,23,27). The molecule has 0 unspecified atom stereocenters. The van der Waals surface area contributed by atoms with Crippen LogP contribution < -0.4 is 10.6 Å². The van der Waals surface area contributed by atoms with Crippen LogP contribution >= 0.6 is 23.4 Å². The van der Waals surface area contributed by atoms with E-state index in [9.17, 15) is 9.18 Å². The normalized spacial score (nSPS) is 10.7. The van der Waals surface area contributed by atoms with Gasteiger partial charge in [0.15, 0.2) is 11.0 Å². The van der Waals surface area contributed by atoms with E-state index in [-0.39, 0.29) is 17.5 Å². The number of thioether (sulfide) groups is 1. The molecule has 0 aliphatic carbocycles. The van der Waals surface area contributed by atoms with E-state index in [2.05, 4.69) is 20.8 Å². The van der Waals surface area contributed by atoms with Crippen molar-refractivity contribution < 1.29 is 9.18 Å². The van der Waals surface area contributed by atoms with Crippen molar-refractivity contribution in [3.8, 4) is 0 Å². The Morgan fingerprint density at radius 3 is 2.61 bits per heavy atom. The largest absolute Gasteiger partial charge is 0.378 e. The number of nitrogens with one attached hydrogen (secondary N) is 2. The monoisotopic (exact) mass is 419 g/mol. The van der Waals surface area contributed by atoms with Crippen LogP contribution in [0.4, 0.5) is 15.8 Å². The highest BCUT2D eigenvalue weighted by molar-refractivity contribution is 7.99. The number of carbonyl (C=O) groups excluding carboxylic acids is 1. The van der Waals surface area contributed by atoms with E-state index in [1.54, 1.807) is 18.2 Å². The van der Waals surface area contributed by atoms with Gasteiger partial charge >= 0.3 is 0 Å². The number of amides is 1. The zero-order valence-electron chi connectivity index (χ0n) is 15.4. The average Bonchev–Trinajstić information content (AvgIpc) is 3.02. The molecule has 0 saturated heterocycles. The number of rotatable bonds is 7. The number of hydrogen-bond donors (Lipinski definition) is 2. The average molecular weight is 420 g/mol. The van der Waals surface area contributed by atoms with Crippen molar-refractivity contribution in [2.45, 2.75) is 18.6 Å². The quantitative estimate of drug-likeness (QED) is 0.560. The number of aryl methyl sites for hydroxylation is 1. The lowest BCUT2D eigenvalue weighted by molar-refractivity contribution is -0.113. The molecule has 0 saturated carbocycles. The van der Waals surface area contributed by atoms with Crippen LogP contribution in [0.1, 0.15) is 11.4 Å². The number of anilines is 2. The molecule has 3 aromatic rings. The predicted octanol–water partition coefficient (Wildman–Crippen LogP) is 4.26. The molecule has 6 nitrogen and oxygen atoms in total. The van der Waals surface area contributed by atoms with Gasteiger partial charge in [-0.1, -0.05) is 29.4 Å². The Bertz CT molecular complexity index is 977. The van der Waals surface area contributed by atoms with Crippen molar-refractivity contribution in [2.75, 3.05) is 16.4 Å². The molecule has 2 aromatic carbocycles. The van der Waals surface area contributed by atoms with Crippen molar-refractivity contribution in [2.24, 2.45) is 7.05 Å². The third-order valence-electron chi connectivity index (χ3n) is 4.01. The van der Waals surface area contributed by atoms with Gasteiger partial charge in [-0.2, -0.15) is 0 Å². The number of benzene rings is 2. The first-order valence-corrected chi connectivity index (χ1v) is 9.85. The molecule has 9 heteroatoms. The maximum Gasteiger partial charge on any atom is 0.234 e. The third kappa shape index (κ3) is 5.24. The molecule has 0 aliphatic rings. The van der Waals surface area contributed by atoms with E-state index in [1.807, 2.05) is 30.7 Å². The SMILES string of the molecule is Cc1ccc(NC(=O)CSc2nnc(CNc3ccc(F)cc3)n2C)cc1Cl. The fraction of sp³-hybridized carbons (Fsp3) is 0.211. The van der Waals surface area contributed by atoms with Gasteiger partial charge in [0.05, 0.1) is 12.3 Å². The van der Waals surface area contributed by atoms with Gasteiger partial charge in [0.25, 0.3) is 0 Å². The lowest BCUT2D eigenvalue weighted by atomic mass is 10.2. The van der Waals surface area contributed by atoms with Crippen molar-refractivity contribution in [3.05, 3.63) is 64.7 Å². The van der Waals surface area contributed by atoms with Gasteiger partial charge in [0.1, 0.15) is 5.82 Å². The van der Waals surface area contributed by atoms with Gasteiger partial charge < -0.3 is 15.2 Å². The van der Waals surface area contributed by atoms with E-state index in [0.717, 1.165) is 11.3 Å². The minimum absolute atomic E-state index is 0.154. The van der Waals surface area contributed by atoms with Crippen LogP contribution in [0.5, 0.6) is 0 Å². The molecule has 0 aliphatic heterocycles. The smallest absolute Gasteiger partial charge is 0.234 e. The number of halogens is 2. The fourth-order valence-corrected chi connectivity index (χ4v) is 3.28. The highest BCUT2D eigenvalue weighted by Crippen LogP contribution is 2.21. The second-order valence-electron chi connectivity index (χ2n) is 6.12. The Morgan fingerprint density at radius 2 is 1.89 bits per heavy atom. The van der Waals surface area contributed by atoms with E-state index >= 15 is 0 Å². The minimum atomic E-state index is -0.283. The molecule has 28 heavy (non-hydrogen) atoms. The van der Waals surface area contributed by atoms with Crippen molar-refractivity contribution in [1.29, 1.82) is 0 Å². The number of nitrogens with zero attached hydrogens (tertiary/aromatic N) is 3. The topological polar surface area (TPSA) is 71.8 Å². The second kappa shape index (κ2) is 9.07. The van der Waals surface area contributed by atoms with Crippen LogP contribution in [-0.4, -0.2) is 26.4 Å². The Hall–Kier alpha value is -2.58. The van der Waals surface area contributed by atoms with E-state index in [4.69, 9.17) is 11.6 Å². The maximum atomic E-state index is 12.9. The molecule has 0 radical (unpaired) electrons. The number of carbonyl (C=O) groups is 1. The molecule has 0 spiro atoms. The summed E-state index contributed by atoms with van der Waals surface area (Å²) < 4.78 is 14.8. The summed E-state index contributed by atoms with van der Waals surface area (Å²) in [6.07, 6.45) is 0. The van der Waals surface area contributed by atoms with E-state index in [0.29, 0.717) is 28.2 Å². The highest BCUT2D eigenvalue weighted by atomic mass is 35.5. The summed E-state index contributed by atoms with van der Waals surface area (Å²) in [5, 5.41) is 15.5. The van der Waals surface area contributed by atoms with Crippen molar-refractivity contribution in [3.63, 3.8) is 0 Å². The van der Waals surface area contributed by atoms with E-state index in [1.165, 1.54) is 23.9 Å². The predicted molar refractivity (Wildman–Crippen MR) is 110 cm³/mol. The number of hydrogen-bond acceptors (Lipinski definition) is 5. The minimum Gasteiger partial charge on any atom is -0.378 e. The van der Waals surface area contributed by atoms with Crippen LogP contribution in [0, 0.1) is 12.7 Å². The van der Waals surface area contributed by atoms with Crippen LogP contribution in [0.15, 0.2) is 47.6 Å². The summed E-state index contributed by atoms with van der Waals surface area (Å²) in [4.78, 5) is 12.2. The highest BCUT2D eigenvalue weighted by Gasteiger charge is 2.12. The summed E-state index contributed by atoms with van der Waals surface area (Å²) in [5.41, 5.74) is 2.40. The van der Waals surface area contributed by atoms with Gasteiger partial charge in [-0.25, -0.2) is 4.39 Å². The third-order valence-corrected chi connectivity index (χ3v) is 5.44. The number of aromatic nitrogens is 3. The zero-order chi connectivity index (χ0) is 20.1. The van der Waals surface area contributed by atoms with Gasteiger partial charge in [0, 0.05) is 23.4 Å². The summed E-state index contributed by atoms with van der Waals surface area (Å²) in [7, 11) is 1.83. The van der Waals surface area contributed by atoms with Crippen molar-refractivity contribution in [1.82, 2.24) is 14.8 Å². The van der Waals surface area contributed by atoms with Gasteiger partial charge in [-0.15, -0.1) is 10.2 Å². The molecule has 1 amide bonds. The Balaban J connectivity index is 1.52. The fourth-order valence-electron chi connectivity index (χ4n) is 2.37. The Kier molecular flexibility index (Phi) is 6.53. The van der Waals surface area contributed by atoms with Gasteiger partial charge in [-0.3, -0.25) is 4.79 Å². The summed E-state index contributed by atoms with van der Waals surface area (Å²) in [6.45, 7) is 2.34. The van der Waals surface area contributed by atoms with Gasteiger partial charge in [0.2, 0.25) is 5.91 Å². The van der Waals surface area contributed by atoms with E-state index < -0.39 is 0 Å². The lowest BCUT2D eigenvalue weighted by Crippen LogP contribution is -2.14. The molecule has 0 bridgehead atoms. The lowest BCUT2D eigenvalue weighted by Gasteiger charge is -2.08. The first kappa shape index (κ1) is 20.2. The molecule has 0 fully saturated rings. The van der Waals surface area contributed by atoms with Gasteiger partial charge in [-0.05, 0) is 48.9 Å². The molecular formula is C19H19ClFN5OS. The first-order chi connectivity index (χ1) is 13.4. The van der Waals surface area contributed by atoms with Crippen LogP contribution in [-0.2, 0) is 18.4 Å². The Morgan fingerprint density at radius 1 is 1.18 bits per heavy atom. The first-order valence-electron chi connectivity index (χ1n) is 8.49. The molecule has 1 aromatic heterocycles. The van der Waals surface area contributed by atoms with Crippen LogP contribution in [0.2, 0.25) is 5.02 Å². The molecule has 1 heterocycles. The summed E-state index contributed by atoms with van der Waals surface area (Å²) in [5.74, 6) is 0.466. The second-order valence-corrected chi connectivity index (χ2v) is 7.47. The summed E-state index contributed by atoms with van der Waals surface area (Å²) >= 11 is 7.37. The summed E-state index contributed by atoms with van der Waals surface area (Å²) in [6, 6.07) is 11.5. The van der Waals surface area contributed by atoms with Crippen LogP contribution in [0.25, 0.3) is 0 Å². The van der Waals surface area contributed by atoms with Crippen molar-refractivity contribution >= 4 is 40.6 Å². The molecule has 2 N–H and O–H groups in total. The molecular weight excluding hydrogens is 401 g/mol. The molecule has 146 valence electrons. The molecule has 3 rings (SSSR count). The maximum absolute atomic E-state index is 12.9. The molecule has 0 atom stereocenters.